The van der Waals surface area contributed by atoms with E-state index in [0.717, 1.165) is 80.4 Å². The van der Waals surface area contributed by atoms with Gasteiger partial charge < -0.3 is 14.7 Å². The predicted octanol–water partition coefficient (Wildman–Crippen LogP) is 5.01. The molecule has 6 heteroatoms. The van der Waals surface area contributed by atoms with Gasteiger partial charge in [0, 0.05) is 30.0 Å². The minimum Gasteiger partial charge on any atom is -0.497 e. The number of likely N-dealkylation sites (tertiary alicyclic amines) is 1. The van der Waals surface area contributed by atoms with Crippen LogP contribution in [0.5, 0.6) is 5.75 Å². The highest BCUT2D eigenvalue weighted by molar-refractivity contribution is 5.83. The standard InChI is InChI=1S/C28H35N3O3/c1-34-24-11-12-27-25(19-24)21(13-16-30-27)7-6-8-22-14-18-31(20-26(22)28(32)33)17-5-3-10-23-9-2-4-15-29-23/h2,4,9,11-13,15-16,19,22,26H,3,5-8,10,14,17-18,20H2,1H3,(H,32,33)/t22-,26+/m1/s1. The number of unbranched alkanes of at least 4 members (excludes halogenated alkanes) is 1. The Bertz CT molecular complexity index is 1070. The lowest BCUT2D eigenvalue weighted by molar-refractivity contribution is -0.146. The Morgan fingerprint density at radius 2 is 2.00 bits per heavy atom. The van der Waals surface area contributed by atoms with E-state index in [9.17, 15) is 9.90 Å². The Morgan fingerprint density at radius 1 is 1.09 bits per heavy atom. The first-order valence-corrected chi connectivity index (χ1v) is 12.4. The van der Waals surface area contributed by atoms with Crippen LogP contribution in [0.4, 0.5) is 0 Å². The van der Waals surface area contributed by atoms with Crippen LogP contribution in [0.3, 0.4) is 0 Å². The van der Waals surface area contributed by atoms with Gasteiger partial charge in [0.1, 0.15) is 5.75 Å². The molecule has 0 unspecified atom stereocenters. The lowest BCUT2D eigenvalue weighted by atomic mass is 9.81. The molecule has 6 nitrogen and oxygen atoms in total. The summed E-state index contributed by atoms with van der Waals surface area (Å²) in [6, 6.07) is 14.1. The molecule has 2 atom stereocenters. The third kappa shape index (κ3) is 6.32. The van der Waals surface area contributed by atoms with Crippen molar-refractivity contribution in [2.45, 2.75) is 44.9 Å². The maximum absolute atomic E-state index is 12.0. The van der Waals surface area contributed by atoms with Gasteiger partial charge in [-0.15, -0.1) is 0 Å². The third-order valence-electron chi connectivity index (χ3n) is 7.10. The minimum absolute atomic E-state index is 0.241. The van der Waals surface area contributed by atoms with Crippen LogP contribution in [0.15, 0.2) is 54.9 Å². The summed E-state index contributed by atoms with van der Waals surface area (Å²) in [4.78, 5) is 23.2. The molecule has 1 N–H and O–H groups in total. The van der Waals surface area contributed by atoms with E-state index in [0.29, 0.717) is 6.54 Å². The number of carbonyl (C=O) groups is 1. The summed E-state index contributed by atoms with van der Waals surface area (Å²) < 4.78 is 5.38. The molecule has 0 spiro atoms. The van der Waals surface area contributed by atoms with Crippen molar-refractivity contribution in [2.24, 2.45) is 11.8 Å². The minimum atomic E-state index is -0.651. The number of carboxylic acid groups (broad SMARTS) is 1. The monoisotopic (exact) mass is 461 g/mol. The number of pyridine rings is 2. The van der Waals surface area contributed by atoms with E-state index in [4.69, 9.17) is 4.74 Å². The van der Waals surface area contributed by atoms with Crippen molar-refractivity contribution in [3.05, 3.63) is 66.1 Å². The number of hydrogen-bond donors (Lipinski definition) is 1. The van der Waals surface area contributed by atoms with E-state index in [1.54, 1.807) is 7.11 Å². The highest BCUT2D eigenvalue weighted by atomic mass is 16.5. The molecule has 2 aromatic heterocycles. The quantitative estimate of drug-likeness (QED) is 0.405. The second-order valence-corrected chi connectivity index (χ2v) is 9.32. The van der Waals surface area contributed by atoms with Gasteiger partial charge in [-0.05, 0) is 106 Å². The zero-order valence-corrected chi connectivity index (χ0v) is 20.0. The number of carboxylic acids is 1. The number of fused-ring (bicyclic) bond motifs is 1. The van der Waals surface area contributed by atoms with Gasteiger partial charge in [0.25, 0.3) is 0 Å². The molecule has 1 aromatic carbocycles. The van der Waals surface area contributed by atoms with Crippen molar-refractivity contribution >= 4 is 16.9 Å². The van der Waals surface area contributed by atoms with Crippen LogP contribution in [0, 0.1) is 11.8 Å². The van der Waals surface area contributed by atoms with E-state index in [1.807, 2.05) is 42.7 Å². The summed E-state index contributed by atoms with van der Waals surface area (Å²) in [6.45, 7) is 2.63. The van der Waals surface area contributed by atoms with E-state index >= 15 is 0 Å². The molecule has 1 saturated heterocycles. The van der Waals surface area contributed by atoms with Crippen molar-refractivity contribution in [1.29, 1.82) is 0 Å². The smallest absolute Gasteiger partial charge is 0.308 e. The largest absolute Gasteiger partial charge is 0.497 e. The van der Waals surface area contributed by atoms with Crippen LogP contribution in [0.2, 0.25) is 0 Å². The van der Waals surface area contributed by atoms with Crippen LogP contribution >= 0.6 is 0 Å². The first kappa shape index (κ1) is 24.1. The van der Waals surface area contributed by atoms with Gasteiger partial charge in [0.2, 0.25) is 0 Å². The van der Waals surface area contributed by atoms with Crippen LogP contribution in [0.1, 0.15) is 43.4 Å². The molecule has 1 aliphatic heterocycles. The number of nitrogens with zero attached hydrogens (tertiary/aromatic N) is 3. The fraction of sp³-hybridized carbons (Fsp3) is 0.464. The van der Waals surface area contributed by atoms with Crippen LogP contribution in [0.25, 0.3) is 10.9 Å². The maximum Gasteiger partial charge on any atom is 0.308 e. The first-order valence-electron chi connectivity index (χ1n) is 12.4. The number of aliphatic carboxylic acids is 1. The van der Waals surface area contributed by atoms with Gasteiger partial charge in [0.15, 0.2) is 0 Å². The van der Waals surface area contributed by atoms with E-state index < -0.39 is 5.97 Å². The molecule has 3 aromatic rings. The lowest BCUT2D eigenvalue weighted by Crippen LogP contribution is -2.44. The van der Waals surface area contributed by atoms with Crippen molar-refractivity contribution < 1.29 is 14.6 Å². The molecule has 0 aliphatic carbocycles. The number of rotatable bonds is 11. The van der Waals surface area contributed by atoms with Gasteiger partial charge in [-0.3, -0.25) is 14.8 Å². The van der Waals surface area contributed by atoms with Gasteiger partial charge in [0.05, 0.1) is 18.5 Å². The summed E-state index contributed by atoms with van der Waals surface area (Å²) in [5.41, 5.74) is 3.35. The molecular weight excluding hydrogens is 426 g/mol. The lowest BCUT2D eigenvalue weighted by Gasteiger charge is -2.36. The zero-order valence-electron chi connectivity index (χ0n) is 20.0. The van der Waals surface area contributed by atoms with Crippen LogP contribution < -0.4 is 4.74 Å². The van der Waals surface area contributed by atoms with Gasteiger partial charge in [-0.25, -0.2) is 0 Å². The number of benzene rings is 1. The van der Waals surface area contributed by atoms with Crippen molar-refractivity contribution in [1.82, 2.24) is 14.9 Å². The Labute approximate surface area is 202 Å². The average molecular weight is 462 g/mol. The molecule has 0 amide bonds. The predicted molar refractivity (Wildman–Crippen MR) is 134 cm³/mol. The van der Waals surface area contributed by atoms with Gasteiger partial charge >= 0.3 is 5.97 Å². The fourth-order valence-electron chi connectivity index (χ4n) is 5.17. The molecule has 0 bridgehead atoms. The number of ether oxygens (including phenoxy) is 1. The molecule has 3 heterocycles. The van der Waals surface area contributed by atoms with Crippen molar-refractivity contribution in [2.75, 3.05) is 26.7 Å². The van der Waals surface area contributed by atoms with Crippen LogP contribution in [-0.4, -0.2) is 52.7 Å². The molecule has 0 radical (unpaired) electrons. The number of aromatic nitrogens is 2. The van der Waals surface area contributed by atoms with Crippen molar-refractivity contribution in [3.8, 4) is 5.75 Å². The fourth-order valence-corrected chi connectivity index (χ4v) is 5.17. The summed E-state index contributed by atoms with van der Waals surface area (Å²) in [7, 11) is 1.68. The normalized spacial score (nSPS) is 18.7. The summed E-state index contributed by atoms with van der Waals surface area (Å²) in [5, 5.41) is 11.0. The Hall–Kier alpha value is -2.99. The van der Waals surface area contributed by atoms with E-state index in [2.05, 4.69) is 27.0 Å². The second kappa shape index (κ2) is 11.9. The summed E-state index contributed by atoms with van der Waals surface area (Å²) >= 11 is 0. The molecule has 1 fully saturated rings. The van der Waals surface area contributed by atoms with E-state index in [1.165, 1.54) is 5.56 Å². The highest BCUT2D eigenvalue weighted by Crippen LogP contribution is 2.30. The van der Waals surface area contributed by atoms with Crippen molar-refractivity contribution in [3.63, 3.8) is 0 Å². The first-order chi connectivity index (χ1) is 16.6. The zero-order chi connectivity index (χ0) is 23.8. The molecule has 180 valence electrons. The average Bonchev–Trinajstić information content (AvgIpc) is 2.87. The highest BCUT2D eigenvalue weighted by Gasteiger charge is 2.33. The second-order valence-electron chi connectivity index (χ2n) is 9.32. The van der Waals surface area contributed by atoms with Crippen LogP contribution in [-0.2, 0) is 17.6 Å². The summed E-state index contributed by atoms with van der Waals surface area (Å²) in [5.74, 6) is 0.145. The molecule has 34 heavy (non-hydrogen) atoms. The number of piperidine rings is 1. The maximum atomic E-state index is 12.0. The number of hydrogen-bond acceptors (Lipinski definition) is 5. The van der Waals surface area contributed by atoms with Gasteiger partial charge in [-0.2, -0.15) is 0 Å². The Morgan fingerprint density at radius 3 is 2.79 bits per heavy atom. The Kier molecular flexibility index (Phi) is 8.47. The number of aryl methyl sites for hydroxylation is 2. The molecule has 0 saturated carbocycles. The Balaban J connectivity index is 1.26. The molecule has 4 rings (SSSR count). The SMILES string of the molecule is COc1ccc2nccc(CCC[C@@H]3CCN(CCCCc4ccccn4)C[C@@H]3C(=O)O)c2c1. The van der Waals surface area contributed by atoms with Gasteiger partial charge in [-0.1, -0.05) is 6.07 Å². The third-order valence-corrected chi connectivity index (χ3v) is 7.10. The molecule has 1 aliphatic rings. The summed E-state index contributed by atoms with van der Waals surface area (Å²) in [6.07, 6.45) is 10.6. The molecular formula is C28H35N3O3. The number of methoxy groups -OCH3 is 1. The van der Waals surface area contributed by atoms with E-state index in [-0.39, 0.29) is 11.8 Å². The topological polar surface area (TPSA) is 75.5 Å².